The Morgan fingerprint density at radius 2 is 2.04 bits per heavy atom. The van der Waals surface area contributed by atoms with E-state index in [1.54, 1.807) is 22.6 Å². The van der Waals surface area contributed by atoms with E-state index in [2.05, 4.69) is 4.98 Å². The van der Waals surface area contributed by atoms with Crippen molar-refractivity contribution < 1.29 is 13.6 Å². The molecule has 0 unspecified atom stereocenters. The van der Waals surface area contributed by atoms with E-state index in [-0.39, 0.29) is 17.4 Å². The van der Waals surface area contributed by atoms with Crippen LogP contribution in [0.25, 0.3) is 4.83 Å². The van der Waals surface area contributed by atoms with Crippen LogP contribution in [0.5, 0.6) is 0 Å². The molecule has 1 atom stereocenters. The Bertz CT molecular complexity index is 868. The van der Waals surface area contributed by atoms with Crippen LogP contribution in [0.3, 0.4) is 0 Å². The third-order valence-electron chi connectivity index (χ3n) is 4.15. The van der Waals surface area contributed by atoms with Crippen molar-refractivity contribution in [2.24, 2.45) is 0 Å². The lowest BCUT2D eigenvalue weighted by molar-refractivity contribution is 0.0789. The first-order valence-electron chi connectivity index (χ1n) is 7.27. The molecule has 4 rings (SSSR count). The second-order valence-corrected chi connectivity index (χ2v) is 6.53. The van der Waals surface area contributed by atoms with Gasteiger partial charge in [-0.05, 0) is 18.6 Å². The molecule has 1 fully saturated rings. The Kier molecular flexibility index (Phi) is 3.37. The average molecular weight is 333 g/mol. The van der Waals surface area contributed by atoms with E-state index in [4.69, 9.17) is 0 Å². The monoisotopic (exact) mass is 333 g/mol. The molecule has 1 amide bonds. The van der Waals surface area contributed by atoms with Crippen LogP contribution in [0.2, 0.25) is 0 Å². The van der Waals surface area contributed by atoms with Gasteiger partial charge in [-0.2, -0.15) is 0 Å². The highest BCUT2D eigenvalue weighted by atomic mass is 32.1. The number of hydrogen-bond acceptors (Lipinski definition) is 3. The van der Waals surface area contributed by atoms with Crippen LogP contribution in [0.4, 0.5) is 8.78 Å². The molecular formula is C16H13F2N3OS. The largest absolute Gasteiger partial charge is 0.338 e. The molecule has 0 saturated carbocycles. The van der Waals surface area contributed by atoms with Crippen molar-refractivity contribution in [3.8, 4) is 0 Å². The third kappa shape index (κ3) is 2.50. The van der Waals surface area contributed by atoms with Crippen molar-refractivity contribution in [2.75, 3.05) is 13.1 Å². The van der Waals surface area contributed by atoms with Gasteiger partial charge in [0, 0.05) is 42.2 Å². The SMILES string of the molecule is O=C(c1cc(F)cc(F)c1)N1CC[C@H](c2ncn3ccsc23)C1. The van der Waals surface area contributed by atoms with Gasteiger partial charge in [0.15, 0.2) is 0 Å². The van der Waals surface area contributed by atoms with Crippen molar-refractivity contribution in [1.29, 1.82) is 0 Å². The van der Waals surface area contributed by atoms with Gasteiger partial charge in [-0.15, -0.1) is 11.3 Å². The first-order valence-corrected chi connectivity index (χ1v) is 8.15. The number of carbonyl (C=O) groups is 1. The van der Waals surface area contributed by atoms with Gasteiger partial charge in [0.25, 0.3) is 5.91 Å². The maximum Gasteiger partial charge on any atom is 0.254 e. The minimum Gasteiger partial charge on any atom is -0.338 e. The predicted molar refractivity (Wildman–Crippen MR) is 82.7 cm³/mol. The summed E-state index contributed by atoms with van der Waals surface area (Å²) >= 11 is 1.62. The second-order valence-electron chi connectivity index (χ2n) is 5.64. The van der Waals surface area contributed by atoms with Crippen LogP contribution in [-0.2, 0) is 0 Å². The standard InChI is InChI=1S/C16H13F2N3OS/c17-12-5-11(6-13(18)7-12)15(22)20-2-1-10(8-20)14-16-21(9-19-14)3-4-23-16/h3-7,9-10H,1-2,8H2/t10-/m0/s1. The van der Waals surface area contributed by atoms with E-state index >= 15 is 0 Å². The van der Waals surface area contributed by atoms with Crippen LogP contribution < -0.4 is 0 Å². The lowest BCUT2D eigenvalue weighted by atomic mass is 10.1. The van der Waals surface area contributed by atoms with Crippen molar-refractivity contribution in [1.82, 2.24) is 14.3 Å². The van der Waals surface area contributed by atoms with Crippen LogP contribution >= 0.6 is 11.3 Å². The van der Waals surface area contributed by atoms with Gasteiger partial charge in [0.05, 0.1) is 5.69 Å². The fourth-order valence-electron chi connectivity index (χ4n) is 3.06. The molecule has 2 aromatic heterocycles. The molecule has 1 saturated heterocycles. The Hall–Kier alpha value is -2.28. The number of benzene rings is 1. The minimum atomic E-state index is -0.738. The molecule has 1 aliphatic rings. The molecule has 4 nitrogen and oxygen atoms in total. The zero-order chi connectivity index (χ0) is 16.0. The van der Waals surface area contributed by atoms with Crippen molar-refractivity contribution in [2.45, 2.75) is 12.3 Å². The number of amides is 1. The number of carbonyl (C=O) groups excluding carboxylic acids is 1. The van der Waals surface area contributed by atoms with Gasteiger partial charge < -0.3 is 4.90 Å². The first kappa shape index (κ1) is 14.3. The molecule has 7 heteroatoms. The van der Waals surface area contributed by atoms with E-state index in [0.717, 1.165) is 35.1 Å². The van der Waals surface area contributed by atoms with E-state index in [0.29, 0.717) is 13.1 Å². The fourth-order valence-corrected chi connectivity index (χ4v) is 3.95. The van der Waals surface area contributed by atoms with Crippen molar-refractivity contribution >= 4 is 22.1 Å². The predicted octanol–water partition coefficient (Wildman–Crippen LogP) is 3.30. The highest BCUT2D eigenvalue weighted by Gasteiger charge is 2.30. The molecular weight excluding hydrogens is 320 g/mol. The summed E-state index contributed by atoms with van der Waals surface area (Å²) in [5.41, 5.74) is 1.04. The molecule has 3 aromatic rings. The quantitative estimate of drug-likeness (QED) is 0.722. The highest BCUT2D eigenvalue weighted by Crippen LogP contribution is 2.31. The number of halogens is 2. The fraction of sp³-hybridized carbons (Fsp3) is 0.250. The zero-order valence-corrected chi connectivity index (χ0v) is 12.9. The molecule has 0 N–H and O–H groups in total. The summed E-state index contributed by atoms with van der Waals surface area (Å²) in [6.45, 7) is 1.08. The molecule has 0 spiro atoms. The summed E-state index contributed by atoms with van der Waals surface area (Å²) in [4.78, 5) is 19.6. The summed E-state index contributed by atoms with van der Waals surface area (Å²) in [7, 11) is 0. The number of thiazole rings is 1. The van der Waals surface area contributed by atoms with E-state index in [1.165, 1.54) is 0 Å². The average Bonchev–Trinajstić information content (AvgIpc) is 3.21. The van der Waals surface area contributed by atoms with Gasteiger partial charge in [-0.25, -0.2) is 13.8 Å². The number of fused-ring (bicyclic) bond motifs is 1. The molecule has 0 radical (unpaired) electrons. The van der Waals surface area contributed by atoms with Crippen LogP contribution in [0.1, 0.15) is 28.4 Å². The van der Waals surface area contributed by atoms with Gasteiger partial charge in [0.2, 0.25) is 0 Å². The number of imidazole rings is 1. The first-order chi connectivity index (χ1) is 11.1. The maximum absolute atomic E-state index is 13.3. The normalized spacial score (nSPS) is 18.0. The zero-order valence-electron chi connectivity index (χ0n) is 12.1. The van der Waals surface area contributed by atoms with Gasteiger partial charge in [-0.1, -0.05) is 0 Å². The van der Waals surface area contributed by atoms with Crippen molar-refractivity contribution in [3.05, 3.63) is 59.0 Å². The highest BCUT2D eigenvalue weighted by molar-refractivity contribution is 7.15. The summed E-state index contributed by atoms with van der Waals surface area (Å²) in [6, 6.07) is 2.92. The third-order valence-corrected chi connectivity index (χ3v) is 5.05. The minimum absolute atomic E-state index is 0.0502. The van der Waals surface area contributed by atoms with E-state index in [1.807, 2.05) is 16.0 Å². The van der Waals surface area contributed by atoms with Crippen LogP contribution in [0, 0.1) is 11.6 Å². The summed E-state index contributed by atoms with van der Waals surface area (Å²) in [6.07, 6.45) is 4.52. The summed E-state index contributed by atoms with van der Waals surface area (Å²) < 4.78 is 28.5. The smallest absolute Gasteiger partial charge is 0.254 e. The molecule has 0 aliphatic carbocycles. The van der Waals surface area contributed by atoms with Gasteiger partial charge in [0.1, 0.15) is 22.8 Å². The summed E-state index contributed by atoms with van der Waals surface area (Å²) in [5.74, 6) is -1.66. The molecule has 0 bridgehead atoms. The topological polar surface area (TPSA) is 37.6 Å². The van der Waals surface area contributed by atoms with Crippen LogP contribution in [-0.4, -0.2) is 33.3 Å². The van der Waals surface area contributed by atoms with Gasteiger partial charge in [-0.3, -0.25) is 9.20 Å². The Labute approximate surface area is 135 Å². The Morgan fingerprint density at radius 3 is 2.83 bits per heavy atom. The van der Waals surface area contributed by atoms with E-state index in [9.17, 15) is 13.6 Å². The number of aromatic nitrogens is 2. The van der Waals surface area contributed by atoms with E-state index < -0.39 is 11.6 Å². The number of hydrogen-bond donors (Lipinski definition) is 0. The molecule has 3 heterocycles. The second kappa shape index (κ2) is 5.42. The molecule has 1 aliphatic heterocycles. The lowest BCUT2D eigenvalue weighted by Crippen LogP contribution is -2.28. The molecule has 23 heavy (non-hydrogen) atoms. The number of nitrogens with zero attached hydrogens (tertiary/aromatic N) is 3. The summed E-state index contributed by atoms with van der Waals surface area (Å²) in [5, 5.41) is 1.99. The van der Waals surface area contributed by atoms with Crippen molar-refractivity contribution in [3.63, 3.8) is 0 Å². The number of likely N-dealkylation sites (tertiary alicyclic amines) is 1. The number of rotatable bonds is 2. The Balaban J connectivity index is 1.56. The molecule has 1 aromatic carbocycles. The van der Waals surface area contributed by atoms with Crippen LogP contribution in [0.15, 0.2) is 36.1 Å². The van der Waals surface area contributed by atoms with Gasteiger partial charge >= 0.3 is 0 Å². The molecule has 118 valence electrons. The Morgan fingerprint density at radius 1 is 1.26 bits per heavy atom. The lowest BCUT2D eigenvalue weighted by Gasteiger charge is -2.16. The maximum atomic E-state index is 13.3.